The normalized spacial score (nSPS) is 16.9. The van der Waals surface area contributed by atoms with Gasteiger partial charge in [-0.3, -0.25) is 0 Å². The van der Waals surface area contributed by atoms with E-state index < -0.39 is 30.8 Å². The Morgan fingerprint density at radius 2 is 1.38 bits per heavy atom. The third-order valence-electron chi connectivity index (χ3n) is 1.37. The third-order valence-corrected chi connectivity index (χ3v) is 4.28. The first-order valence-corrected chi connectivity index (χ1v) is 6.06. The summed E-state index contributed by atoms with van der Waals surface area (Å²) < 4.78 is 34.7. The molecule has 0 N–H and O–H groups in total. The molecule has 0 aromatic carbocycles. The fraction of sp³-hybridized carbons (Fsp3) is 0.667. The molecule has 0 radical (unpaired) electrons. The van der Waals surface area contributed by atoms with Crippen molar-refractivity contribution < 1.29 is 13.2 Å². The summed E-state index contributed by atoms with van der Waals surface area (Å²) in [5, 5.41) is -6.67. The van der Waals surface area contributed by atoms with Crippen LogP contribution in [0.3, 0.4) is 0 Å². The van der Waals surface area contributed by atoms with Crippen LogP contribution in [0.2, 0.25) is 0 Å². The van der Waals surface area contributed by atoms with Gasteiger partial charge in [0.1, 0.15) is 9.87 Å². The summed E-state index contributed by atoms with van der Waals surface area (Å²) >= 11 is 36.4. The minimum absolute atomic E-state index is 0.571. The molecule has 0 saturated carbocycles. The maximum absolute atomic E-state index is 13.2. The number of hydrogen-bond acceptors (Lipinski definition) is 0. The zero-order valence-corrected chi connectivity index (χ0v) is 12.2. The zero-order valence-electron chi connectivity index (χ0n) is 6.93. The van der Waals surface area contributed by atoms with Gasteiger partial charge in [0.25, 0.3) is 0 Å². The molecule has 0 aromatic rings. The van der Waals surface area contributed by atoms with Gasteiger partial charge in [0.15, 0.2) is 4.33 Å². The highest BCUT2D eigenvalue weighted by molar-refractivity contribution is 6.62. The molecule has 0 aliphatic rings. The van der Waals surface area contributed by atoms with Gasteiger partial charge in [-0.25, -0.2) is 4.39 Å². The van der Waals surface area contributed by atoms with Crippen LogP contribution in [0.5, 0.6) is 0 Å². The Hall–Kier alpha value is 1.56. The van der Waals surface area contributed by atoms with Gasteiger partial charge >= 0.3 is 5.38 Å². The van der Waals surface area contributed by atoms with Crippen LogP contribution in [0.25, 0.3) is 0 Å². The van der Waals surface area contributed by atoms with E-state index in [1.165, 1.54) is 0 Å². The molecule has 0 aromatic heterocycles. The van der Waals surface area contributed by atoms with Crippen molar-refractivity contribution in [1.29, 1.82) is 0 Å². The Morgan fingerprint density at radius 1 is 1.00 bits per heavy atom. The van der Waals surface area contributed by atoms with Crippen LogP contribution in [0.4, 0.5) is 13.2 Å². The lowest BCUT2D eigenvalue weighted by molar-refractivity contribution is -0.000412. The van der Waals surface area contributed by atoms with Gasteiger partial charge < -0.3 is 0 Å². The zero-order chi connectivity index (χ0) is 13.3. The monoisotopic (exact) mass is 376 g/mol. The second-order valence-corrected chi connectivity index (χ2v) is 6.29. The lowest BCUT2D eigenvalue weighted by atomic mass is 10.2. The highest BCUT2D eigenvalue weighted by Gasteiger charge is 2.56. The molecular weight excluding hydrogens is 377 g/mol. The van der Waals surface area contributed by atoms with Crippen LogP contribution in [0.15, 0.2) is 9.52 Å². The number of hydrogen-bond donors (Lipinski definition) is 0. The predicted octanol–water partition coefficient (Wildman–Crippen LogP) is 5.82. The minimum atomic E-state index is -4.31. The third kappa shape index (κ3) is 4.34. The van der Waals surface area contributed by atoms with E-state index in [1.54, 1.807) is 0 Å². The maximum Gasteiger partial charge on any atom is 0.355 e. The fourth-order valence-electron chi connectivity index (χ4n) is 0.611. The second-order valence-electron chi connectivity index (χ2n) is 2.55. The average Bonchev–Trinajstić information content (AvgIpc) is 2.12. The topological polar surface area (TPSA) is 0 Å². The molecule has 0 saturated heterocycles. The Labute approximate surface area is 124 Å². The summed E-state index contributed by atoms with van der Waals surface area (Å²) in [5.74, 6) is 0. The maximum atomic E-state index is 13.2. The molecule has 0 heterocycles. The number of rotatable bonds is 4. The van der Waals surface area contributed by atoms with E-state index in [9.17, 15) is 13.2 Å². The van der Waals surface area contributed by atoms with E-state index in [1.807, 2.05) is 0 Å². The molecule has 10 heteroatoms. The highest BCUT2D eigenvalue weighted by Crippen LogP contribution is 2.47. The number of alkyl halides is 7. The van der Waals surface area contributed by atoms with Crippen LogP contribution in [-0.2, 0) is 0 Å². The summed E-state index contributed by atoms with van der Waals surface area (Å²) in [6.45, 7) is 0. The SMILES string of the molecule is FC(C(F)(F)Cl)C(Cl)(Cl)C(Cl)C(Cl)=C(Cl)Cl. The van der Waals surface area contributed by atoms with Crippen molar-refractivity contribution in [2.24, 2.45) is 0 Å². The van der Waals surface area contributed by atoms with E-state index in [2.05, 4.69) is 11.6 Å². The standard InChI is InChI=1S/C6H2Cl7F3/c7-1(3(9)10)2(8)5(11,12)4(14)6(13,15)16/h2,4H. The molecule has 0 bridgehead atoms. The first-order valence-electron chi connectivity index (χ1n) is 3.35. The Kier molecular flexibility index (Phi) is 6.74. The van der Waals surface area contributed by atoms with Gasteiger partial charge in [-0.1, -0.05) is 58.0 Å². The fourth-order valence-corrected chi connectivity index (χ4v) is 2.22. The Bertz CT molecular complexity index is 280. The lowest BCUT2D eigenvalue weighted by Gasteiger charge is -2.30. The Morgan fingerprint density at radius 3 is 1.62 bits per heavy atom. The van der Waals surface area contributed by atoms with Crippen LogP contribution in [0, 0.1) is 0 Å². The van der Waals surface area contributed by atoms with Gasteiger partial charge in [-0.2, -0.15) is 8.78 Å². The summed E-state index contributed by atoms with van der Waals surface area (Å²) in [6.07, 6.45) is -3.17. The van der Waals surface area contributed by atoms with E-state index in [0.717, 1.165) is 0 Å². The predicted molar refractivity (Wildman–Crippen MR) is 64.4 cm³/mol. The summed E-state index contributed by atoms with van der Waals surface area (Å²) in [6, 6.07) is 0. The summed E-state index contributed by atoms with van der Waals surface area (Å²) in [7, 11) is 0. The largest absolute Gasteiger partial charge is 0.355 e. The molecule has 0 aliphatic carbocycles. The minimum Gasteiger partial charge on any atom is -0.236 e. The van der Waals surface area contributed by atoms with E-state index in [0.29, 0.717) is 0 Å². The summed E-state index contributed by atoms with van der Waals surface area (Å²) in [5.41, 5.74) is 0. The molecule has 16 heavy (non-hydrogen) atoms. The number of allylic oxidation sites excluding steroid dienone is 1. The molecule has 2 unspecified atom stereocenters. The quantitative estimate of drug-likeness (QED) is 0.540. The van der Waals surface area contributed by atoms with Gasteiger partial charge in [-0.15, -0.1) is 11.6 Å². The van der Waals surface area contributed by atoms with Crippen molar-refractivity contribution in [1.82, 2.24) is 0 Å². The molecule has 0 aliphatic heterocycles. The van der Waals surface area contributed by atoms with Crippen LogP contribution >= 0.6 is 81.2 Å². The smallest absolute Gasteiger partial charge is 0.236 e. The van der Waals surface area contributed by atoms with E-state index in [4.69, 9.17) is 69.6 Å². The lowest BCUT2D eigenvalue weighted by Crippen LogP contribution is -2.45. The average molecular weight is 379 g/mol. The molecule has 96 valence electrons. The van der Waals surface area contributed by atoms with Gasteiger partial charge in [0.2, 0.25) is 6.17 Å². The van der Waals surface area contributed by atoms with Crippen molar-refractivity contribution in [2.45, 2.75) is 21.3 Å². The van der Waals surface area contributed by atoms with Crippen LogP contribution < -0.4 is 0 Å². The van der Waals surface area contributed by atoms with Crippen LogP contribution in [-0.4, -0.2) is 21.3 Å². The highest BCUT2D eigenvalue weighted by atomic mass is 35.5. The van der Waals surface area contributed by atoms with Gasteiger partial charge in [0.05, 0.1) is 5.03 Å². The number of halogens is 10. The second kappa shape index (κ2) is 6.14. The van der Waals surface area contributed by atoms with Crippen molar-refractivity contribution in [3.63, 3.8) is 0 Å². The molecular formula is C6H2Cl7F3. The van der Waals surface area contributed by atoms with Crippen molar-refractivity contribution >= 4 is 81.2 Å². The molecule has 0 fully saturated rings. The van der Waals surface area contributed by atoms with E-state index >= 15 is 0 Å². The first-order chi connectivity index (χ1) is 6.92. The molecule has 0 rings (SSSR count). The first kappa shape index (κ1) is 17.6. The molecule has 0 nitrogen and oxygen atoms in total. The van der Waals surface area contributed by atoms with Crippen molar-refractivity contribution in [3.05, 3.63) is 9.52 Å². The van der Waals surface area contributed by atoms with Crippen LogP contribution in [0.1, 0.15) is 0 Å². The van der Waals surface area contributed by atoms with Crippen molar-refractivity contribution in [3.8, 4) is 0 Å². The molecule has 0 amide bonds. The summed E-state index contributed by atoms with van der Waals surface area (Å²) in [4.78, 5) is 0. The van der Waals surface area contributed by atoms with Gasteiger partial charge in [0, 0.05) is 0 Å². The molecule has 2 atom stereocenters. The Balaban J connectivity index is 5.15. The van der Waals surface area contributed by atoms with Gasteiger partial charge in [-0.05, 0) is 11.6 Å². The van der Waals surface area contributed by atoms with Crippen molar-refractivity contribution in [2.75, 3.05) is 0 Å². The van der Waals surface area contributed by atoms with E-state index in [-0.39, 0.29) is 0 Å². The molecule has 0 spiro atoms.